The first-order valence-corrected chi connectivity index (χ1v) is 6.88. The van der Waals surface area contributed by atoms with Crippen LogP contribution in [0.25, 0.3) is 0 Å². The van der Waals surface area contributed by atoms with Gasteiger partial charge in [-0.3, -0.25) is 4.90 Å². The zero-order chi connectivity index (χ0) is 14.6. The molecule has 1 atom stereocenters. The van der Waals surface area contributed by atoms with Gasteiger partial charge in [0.15, 0.2) is 6.23 Å². The Morgan fingerprint density at radius 1 is 1.40 bits per heavy atom. The van der Waals surface area contributed by atoms with Crippen molar-refractivity contribution in [3.05, 3.63) is 18.6 Å². The molecule has 0 saturated carbocycles. The van der Waals surface area contributed by atoms with Gasteiger partial charge in [-0.1, -0.05) is 0 Å². The highest BCUT2D eigenvalue weighted by Gasteiger charge is 2.31. The average Bonchev–Trinajstić information content (AvgIpc) is 2.38. The van der Waals surface area contributed by atoms with Gasteiger partial charge in [0.2, 0.25) is 5.88 Å². The van der Waals surface area contributed by atoms with Gasteiger partial charge in [-0.2, -0.15) is 0 Å². The Kier molecular flexibility index (Phi) is 4.42. The molecule has 0 spiro atoms. The average molecular weight is 279 g/mol. The van der Waals surface area contributed by atoms with E-state index in [0.29, 0.717) is 12.4 Å². The fourth-order valence-electron chi connectivity index (χ4n) is 2.04. The Morgan fingerprint density at radius 2 is 2.20 bits per heavy atom. The number of hydrogen-bond acceptors (Lipinski definition) is 5. The smallest absolute Gasteiger partial charge is 0.413 e. The number of likely N-dealkylation sites (tertiary alicyclic amines) is 1. The van der Waals surface area contributed by atoms with Crippen LogP contribution in [0, 0.1) is 0 Å². The second-order valence-corrected chi connectivity index (χ2v) is 5.79. The predicted molar refractivity (Wildman–Crippen MR) is 73.2 cm³/mol. The molecule has 1 amide bonds. The molecule has 1 aromatic heterocycles. The number of aromatic nitrogens is 2. The third kappa shape index (κ3) is 4.08. The van der Waals surface area contributed by atoms with Crippen molar-refractivity contribution >= 4 is 6.09 Å². The maximum absolute atomic E-state index is 12.2. The summed E-state index contributed by atoms with van der Waals surface area (Å²) in [5.74, 6) is 0.473. The summed E-state index contributed by atoms with van der Waals surface area (Å²) < 4.78 is 11.2. The maximum Gasteiger partial charge on any atom is 0.413 e. The molecule has 6 heteroatoms. The number of nitrogens with zero attached hydrogens (tertiary/aromatic N) is 3. The number of carbonyl (C=O) groups excluding carboxylic acids is 1. The third-order valence-corrected chi connectivity index (χ3v) is 2.89. The molecule has 1 aliphatic rings. The van der Waals surface area contributed by atoms with Gasteiger partial charge in [0.05, 0.1) is 0 Å². The van der Waals surface area contributed by atoms with Gasteiger partial charge in [0, 0.05) is 25.2 Å². The fraction of sp³-hybridized carbons (Fsp3) is 0.643. The molecule has 2 heterocycles. The van der Waals surface area contributed by atoms with E-state index in [1.54, 1.807) is 17.2 Å². The summed E-state index contributed by atoms with van der Waals surface area (Å²) in [5.41, 5.74) is -0.506. The maximum atomic E-state index is 12.2. The van der Waals surface area contributed by atoms with Gasteiger partial charge in [0.25, 0.3) is 0 Å². The molecule has 110 valence electrons. The highest BCUT2D eigenvalue weighted by atomic mass is 16.6. The van der Waals surface area contributed by atoms with Crippen LogP contribution < -0.4 is 4.74 Å². The summed E-state index contributed by atoms with van der Waals surface area (Å²) in [6.45, 7) is 6.21. The minimum absolute atomic E-state index is 0.325. The monoisotopic (exact) mass is 279 g/mol. The van der Waals surface area contributed by atoms with Crippen molar-refractivity contribution in [1.82, 2.24) is 14.9 Å². The van der Waals surface area contributed by atoms with Crippen molar-refractivity contribution in [1.29, 1.82) is 0 Å². The molecule has 0 aliphatic carbocycles. The minimum atomic E-state index is -0.506. The lowest BCUT2D eigenvalue weighted by atomic mass is 10.1. The number of piperidine rings is 1. The Labute approximate surface area is 119 Å². The lowest BCUT2D eigenvalue weighted by Gasteiger charge is -2.36. The number of carbonyl (C=O) groups is 1. The molecule has 0 aromatic carbocycles. The summed E-state index contributed by atoms with van der Waals surface area (Å²) in [4.78, 5) is 21.7. The molecule has 1 aromatic rings. The topological polar surface area (TPSA) is 64.5 Å². The van der Waals surface area contributed by atoms with E-state index in [4.69, 9.17) is 9.47 Å². The van der Waals surface area contributed by atoms with Crippen molar-refractivity contribution < 1.29 is 14.3 Å². The molecule has 1 unspecified atom stereocenters. The molecule has 0 bridgehead atoms. The van der Waals surface area contributed by atoms with E-state index in [9.17, 15) is 4.79 Å². The molecule has 2 rings (SSSR count). The van der Waals surface area contributed by atoms with E-state index in [0.717, 1.165) is 19.3 Å². The first kappa shape index (κ1) is 14.6. The standard InChI is InChI=1S/C14H21N3O3/c1-14(2,3)20-13(18)17-9-5-4-6-12(17)19-11-7-8-15-10-16-11/h7-8,10,12H,4-6,9H2,1-3H3. The Morgan fingerprint density at radius 3 is 2.85 bits per heavy atom. The zero-order valence-electron chi connectivity index (χ0n) is 12.2. The van der Waals surface area contributed by atoms with Gasteiger partial charge in [-0.05, 0) is 33.6 Å². The van der Waals surface area contributed by atoms with Crippen LogP contribution in [0.3, 0.4) is 0 Å². The van der Waals surface area contributed by atoms with Crippen LogP contribution in [0.2, 0.25) is 0 Å². The molecular formula is C14H21N3O3. The lowest BCUT2D eigenvalue weighted by molar-refractivity contribution is -0.0356. The highest BCUT2D eigenvalue weighted by molar-refractivity contribution is 5.68. The summed E-state index contributed by atoms with van der Waals surface area (Å²) in [6, 6.07) is 1.68. The Bertz CT molecular complexity index is 445. The van der Waals surface area contributed by atoms with Crippen molar-refractivity contribution in [3.63, 3.8) is 0 Å². The van der Waals surface area contributed by atoms with Gasteiger partial charge in [-0.15, -0.1) is 0 Å². The van der Waals surface area contributed by atoms with Gasteiger partial charge in [-0.25, -0.2) is 14.8 Å². The molecule has 6 nitrogen and oxygen atoms in total. The number of hydrogen-bond donors (Lipinski definition) is 0. The largest absolute Gasteiger partial charge is 0.453 e. The summed E-state index contributed by atoms with van der Waals surface area (Å²) in [5, 5.41) is 0. The van der Waals surface area contributed by atoms with Crippen LogP contribution in [0.15, 0.2) is 18.6 Å². The molecule has 0 N–H and O–H groups in total. The van der Waals surface area contributed by atoms with E-state index < -0.39 is 5.60 Å². The fourth-order valence-corrected chi connectivity index (χ4v) is 2.04. The molecule has 1 fully saturated rings. The lowest BCUT2D eigenvalue weighted by Crippen LogP contribution is -2.48. The van der Waals surface area contributed by atoms with E-state index in [-0.39, 0.29) is 12.3 Å². The van der Waals surface area contributed by atoms with Gasteiger partial charge >= 0.3 is 6.09 Å². The van der Waals surface area contributed by atoms with Crippen LogP contribution >= 0.6 is 0 Å². The molecule has 1 aliphatic heterocycles. The summed E-state index contributed by atoms with van der Waals surface area (Å²) in [6.07, 6.45) is 5.14. The van der Waals surface area contributed by atoms with Crippen LogP contribution in [-0.4, -0.2) is 39.3 Å². The van der Waals surface area contributed by atoms with Crippen molar-refractivity contribution in [2.75, 3.05) is 6.54 Å². The van der Waals surface area contributed by atoms with E-state index in [2.05, 4.69) is 9.97 Å². The molecular weight excluding hydrogens is 258 g/mol. The van der Waals surface area contributed by atoms with E-state index >= 15 is 0 Å². The second-order valence-electron chi connectivity index (χ2n) is 5.79. The quantitative estimate of drug-likeness (QED) is 0.832. The van der Waals surface area contributed by atoms with Crippen LogP contribution in [0.5, 0.6) is 5.88 Å². The van der Waals surface area contributed by atoms with Crippen LogP contribution in [0.4, 0.5) is 4.79 Å². The highest BCUT2D eigenvalue weighted by Crippen LogP contribution is 2.22. The van der Waals surface area contributed by atoms with Gasteiger partial charge in [0.1, 0.15) is 11.9 Å². The van der Waals surface area contributed by atoms with Crippen molar-refractivity contribution in [3.8, 4) is 5.88 Å². The SMILES string of the molecule is CC(C)(C)OC(=O)N1CCCCC1Oc1ccncn1. The molecule has 1 saturated heterocycles. The Hall–Kier alpha value is -1.85. The van der Waals surface area contributed by atoms with Crippen LogP contribution in [0.1, 0.15) is 40.0 Å². The summed E-state index contributed by atoms with van der Waals surface area (Å²) >= 11 is 0. The number of ether oxygens (including phenoxy) is 2. The molecule has 20 heavy (non-hydrogen) atoms. The predicted octanol–water partition coefficient (Wildman–Crippen LogP) is 2.60. The first-order chi connectivity index (χ1) is 9.46. The second kappa shape index (κ2) is 6.07. The van der Waals surface area contributed by atoms with Gasteiger partial charge < -0.3 is 9.47 Å². The number of amides is 1. The third-order valence-electron chi connectivity index (χ3n) is 2.89. The summed E-state index contributed by atoms with van der Waals surface area (Å²) in [7, 11) is 0. The zero-order valence-corrected chi connectivity index (χ0v) is 12.2. The van der Waals surface area contributed by atoms with Crippen molar-refractivity contribution in [2.24, 2.45) is 0 Å². The van der Waals surface area contributed by atoms with Crippen molar-refractivity contribution in [2.45, 2.75) is 51.9 Å². The van der Waals surface area contributed by atoms with E-state index in [1.807, 2.05) is 20.8 Å². The van der Waals surface area contributed by atoms with E-state index in [1.165, 1.54) is 6.33 Å². The minimum Gasteiger partial charge on any atom is -0.453 e. The molecule has 0 radical (unpaired) electrons. The first-order valence-electron chi connectivity index (χ1n) is 6.88. The number of rotatable bonds is 2. The van der Waals surface area contributed by atoms with Crippen LogP contribution in [-0.2, 0) is 4.74 Å². The Balaban J connectivity index is 2.03. The normalized spacial score (nSPS) is 19.6.